The molecule has 0 saturated carbocycles. The maximum atomic E-state index is 3.74. The van der Waals surface area contributed by atoms with E-state index in [1.54, 1.807) is 0 Å². The van der Waals surface area contributed by atoms with Crippen molar-refractivity contribution in [3.63, 3.8) is 0 Å². The Hall–Kier alpha value is -3.72. The predicted molar refractivity (Wildman–Crippen MR) is 222 cm³/mol. The normalized spacial score (nSPS) is 13.0. The van der Waals surface area contributed by atoms with Gasteiger partial charge in [0.15, 0.2) is 0 Å². The van der Waals surface area contributed by atoms with Crippen molar-refractivity contribution >= 4 is 31.9 Å². The van der Waals surface area contributed by atoms with Gasteiger partial charge in [-0.25, -0.2) is 0 Å². The van der Waals surface area contributed by atoms with E-state index in [9.17, 15) is 0 Å². The zero-order valence-corrected chi connectivity index (χ0v) is 33.4. The minimum absolute atomic E-state index is 0.487. The Morgan fingerprint density at radius 2 is 0.920 bits per heavy atom. The second-order valence-electron chi connectivity index (χ2n) is 14.5. The maximum absolute atomic E-state index is 3.74. The molecule has 0 unspecified atom stereocenters. The first-order valence-corrected chi connectivity index (χ1v) is 19.7. The molecule has 0 N–H and O–H groups in total. The van der Waals surface area contributed by atoms with Crippen LogP contribution in [0.25, 0.3) is 33.4 Å². The van der Waals surface area contributed by atoms with E-state index in [-0.39, 0.29) is 0 Å². The van der Waals surface area contributed by atoms with Crippen LogP contribution < -0.4 is 0 Å². The van der Waals surface area contributed by atoms with Crippen LogP contribution in [0, 0.1) is 34.6 Å². The van der Waals surface area contributed by atoms with Crippen LogP contribution in [0.4, 0.5) is 0 Å². The van der Waals surface area contributed by atoms with E-state index in [0.29, 0.717) is 0 Å². The molecule has 50 heavy (non-hydrogen) atoms. The molecule has 0 radical (unpaired) electrons. The molecule has 1 aliphatic rings. The molecule has 0 amide bonds. The van der Waals surface area contributed by atoms with E-state index < -0.39 is 5.41 Å². The molecule has 0 heterocycles. The lowest BCUT2D eigenvalue weighted by molar-refractivity contribution is 0.666. The number of aryl methyl sites for hydroxylation is 6. The second kappa shape index (κ2) is 14.1. The van der Waals surface area contributed by atoms with Gasteiger partial charge >= 0.3 is 0 Å². The number of rotatable bonds is 9. The fraction of sp³-hybridized carbons (Fsp3) is 0.250. The summed E-state index contributed by atoms with van der Waals surface area (Å²) in [4.78, 5) is 0. The molecule has 0 aromatic heterocycles. The van der Waals surface area contributed by atoms with E-state index in [0.717, 1.165) is 15.4 Å². The third kappa shape index (κ3) is 6.13. The van der Waals surface area contributed by atoms with Crippen molar-refractivity contribution in [2.24, 2.45) is 0 Å². The van der Waals surface area contributed by atoms with Crippen molar-refractivity contribution in [2.75, 3.05) is 0 Å². The van der Waals surface area contributed by atoms with Crippen LogP contribution in [0.1, 0.15) is 88.2 Å². The molecule has 0 fully saturated rings. The zero-order valence-electron chi connectivity index (χ0n) is 30.2. The third-order valence-electron chi connectivity index (χ3n) is 10.9. The number of fused-ring (bicyclic) bond motifs is 3. The monoisotopic (exact) mass is 780 g/mol. The largest absolute Gasteiger partial charge is 0.0714 e. The molecule has 0 saturated heterocycles. The van der Waals surface area contributed by atoms with Gasteiger partial charge in [0.05, 0.1) is 5.41 Å². The van der Waals surface area contributed by atoms with Crippen LogP contribution in [0.15, 0.2) is 118 Å². The molecule has 0 bridgehead atoms. The van der Waals surface area contributed by atoms with Gasteiger partial charge < -0.3 is 0 Å². The highest BCUT2D eigenvalue weighted by atomic mass is 79.9. The summed E-state index contributed by atoms with van der Waals surface area (Å²) in [7, 11) is 0. The number of hydrogen-bond acceptors (Lipinski definition) is 0. The second-order valence-corrected chi connectivity index (χ2v) is 16.3. The van der Waals surface area contributed by atoms with Gasteiger partial charge in [-0.3, -0.25) is 0 Å². The standard InChI is InChI=1S/C48H46Br2/c1-7-8-9-10-11-35-14-20-39(21-15-35)48(38-18-12-30(2)13-19-38)44-28-36(46-31(3)24-40(49)25-32(46)4)16-22-42(44)43-23-17-37(29-45(43)48)47-33(5)26-41(50)27-34(47)6/h12-29H,7-11H2,1-6H3. The first-order valence-electron chi connectivity index (χ1n) is 18.1. The average molecular weight is 783 g/mol. The predicted octanol–water partition coefficient (Wildman–Crippen LogP) is 14.6. The van der Waals surface area contributed by atoms with Crippen molar-refractivity contribution in [3.05, 3.63) is 174 Å². The highest BCUT2D eigenvalue weighted by Gasteiger charge is 2.46. The highest BCUT2D eigenvalue weighted by molar-refractivity contribution is 9.10. The quantitative estimate of drug-likeness (QED) is 0.128. The molecule has 2 heteroatoms. The Morgan fingerprint density at radius 1 is 0.480 bits per heavy atom. The van der Waals surface area contributed by atoms with Crippen molar-refractivity contribution in [1.82, 2.24) is 0 Å². The molecule has 0 nitrogen and oxygen atoms in total. The van der Waals surface area contributed by atoms with E-state index in [1.165, 1.54) is 115 Å². The van der Waals surface area contributed by atoms with Crippen LogP contribution in [0.5, 0.6) is 0 Å². The van der Waals surface area contributed by atoms with Crippen molar-refractivity contribution in [3.8, 4) is 33.4 Å². The van der Waals surface area contributed by atoms with Crippen molar-refractivity contribution in [1.29, 1.82) is 0 Å². The van der Waals surface area contributed by atoms with Crippen LogP contribution >= 0.6 is 31.9 Å². The highest BCUT2D eigenvalue weighted by Crippen LogP contribution is 2.58. The van der Waals surface area contributed by atoms with E-state index >= 15 is 0 Å². The molecule has 7 rings (SSSR count). The number of halogens is 2. The lowest BCUT2D eigenvalue weighted by Crippen LogP contribution is -2.28. The van der Waals surface area contributed by atoms with Gasteiger partial charge in [0.2, 0.25) is 0 Å². The molecule has 0 spiro atoms. The first-order chi connectivity index (χ1) is 24.1. The summed E-state index contributed by atoms with van der Waals surface area (Å²) in [6.07, 6.45) is 6.23. The van der Waals surface area contributed by atoms with Crippen molar-refractivity contribution < 1.29 is 0 Å². The van der Waals surface area contributed by atoms with Gasteiger partial charge in [-0.1, -0.05) is 136 Å². The Labute approximate surface area is 316 Å². The minimum Gasteiger partial charge on any atom is -0.0654 e. The fourth-order valence-electron chi connectivity index (χ4n) is 8.64. The van der Waals surface area contributed by atoms with E-state index in [2.05, 4.69) is 183 Å². The Kier molecular flexibility index (Phi) is 9.81. The summed E-state index contributed by atoms with van der Waals surface area (Å²) in [5.74, 6) is 0. The summed E-state index contributed by atoms with van der Waals surface area (Å²) in [6, 6.07) is 42.4. The fourth-order valence-corrected chi connectivity index (χ4v) is 10.0. The number of benzene rings is 6. The minimum atomic E-state index is -0.487. The maximum Gasteiger partial charge on any atom is 0.0714 e. The molecule has 6 aromatic rings. The molecule has 6 aromatic carbocycles. The zero-order chi connectivity index (χ0) is 35.2. The molecule has 0 aliphatic heterocycles. The smallest absolute Gasteiger partial charge is 0.0654 e. The molecular weight excluding hydrogens is 736 g/mol. The van der Waals surface area contributed by atoms with Gasteiger partial charge in [-0.05, 0) is 167 Å². The topological polar surface area (TPSA) is 0 Å². The lowest BCUT2D eigenvalue weighted by Gasteiger charge is -2.35. The van der Waals surface area contributed by atoms with Crippen LogP contribution in [-0.2, 0) is 11.8 Å². The number of unbranched alkanes of at least 4 members (excludes halogenated alkanes) is 3. The summed E-state index contributed by atoms with van der Waals surface area (Å²) in [6.45, 7) is 13.4. The SMILES string of the molecule is CCCCCCc1ccc(C2(c3ccc(C)cc3)c3cc(-c4c(C)cc(Br)cc4C)ccc3-c3ccc(-c4c(C)cc(Br)cc4C)cc32)cc1. The van der Waals surface area contributed by atoms with Crippen LogP contribution in [0.3, 0.4) is 0 Å². The van der Waals surface area contributed by atoms with Gasteiger partial charge in [-0.15, -0.1) is 0 Å². The Balaban J connectivity index is 1.52. The number of hydrogen-bond donors (Lipinski definition) is 0. The molecule has 252 valence electrons. The Bertz CT molecular complexity index is 2050. The molecular formula is C48H46Br2. The third-order valence-corrected chi connectivity index (χ3v) is 11.8. The van der Waals surface area contributed by atoms with Crippen LogP contribution in [-0.4, -0.2) is 0 Å². The summed E-state index contributed by atoms with van der Waals surface area (Å²) < 4.78 is 2.25. The first kappa shape index (κ1) is 34.7. The van der Waals surface area contributed by atoms with Gasteiger partial charge in [-0.2, -0.15) is 0 Å². The molecule has 0 atom stereocenters. The lowest BCUT2D eigenvalue weighted by atomic mass is 9.66. The Morgan fingerprint density at radius 3 is 1.36 bits per heavy atom. The van der Waals surface area contributed by atoms with Crippen LogP contribution in [0.2, 0.25) is 0 Å². The van der Waals surface area contributed by atoms with Crippen molar-refractivity contribution in [2.45, 2.75) is 79.1 Å². The van der Waals surface area contributed by atoms with E-state index in [4.69, 9.17) is 0 Å². The van der Waals surface area contributed by atoms with Gasteiger partial charge in [0.25, 0.3) is 0 Å². The molecule has 1 aliphatic carbocycles. The summed E-state index contributed by atoms with van der Waals surface area (Å²) in [5.41, 5.74) is 20.5. The summed E-state index contributed by atoms with van der Waals surface area (Å²) in [5, 5.41) is 0. The average Bonchev–Trinajstić information content (AvgIpc) is 3.36. The van der Waals surface area contributed by atoms with Gasteiger partial charge in [0.1, 0.15) is 0 Å². The van der Waals surface area contributed by atoms with Gasteiger partial charge in [0, 0.05) is 8.95 Å². The summed E-state index contributed by atoms with van der Waals surface area (Å²) >= 11 is 7.48. The van der Waals surface area contributed by atoms with E-state index in [1.807, 2.05) is 0 Å².